The fraction of sp³-hybridized carbons (Fsp3) is 0.118. The molecule has 0 unspecified atom stereocenters. The van der Waals surface area contributed by atoms with E-state index in [0.29, 0.717) is 15.4 Å². The molecule has 0 saturated carbocycles. The van der Waals surface area contributed by atoms with Crippen molar-refractivity contribution >= 4 is 48.5 Å². The third-order valence-electron chi connectivity index (χ3n) is 3.60. The fourth-order valence-corrected chi connectivity index (χ4v) is 4.26. The summed E-state index contributed by atoms with van der Waals surface area (Å²) in [6.07, 6.45) is 0. The largest absolute Gasteiger partial charge is 0.451 e. The number of rotatable bonds is 4. The zero-order chi connectivity index (χ0) is 18.2. The fourth-order valence-electron chi connectivity index (χ4n) is 2.30. The molecule has 25 heavy (non-hydrogen) atoms. The van der Waals surface area contributed by atoms with Gasteiger partial charge in [-0.2, -0.15) is 0 Å². The Morgan fingerprint density at radius 2 is 1.84 bits per heavy atom. The molecule has 3 aromatic rings. The average Bonchev–Trinajstić information content (AvgIpc) is 2.97. The van der Waals surface area contributed by atoms with Crippen LogP contribution in [-0.4, -0.2) is 28.4 Å². The number of furan rings is 1. The summed E-state index contributed by atoms with van der Waals surface area (Å²) in [5.74, 6) is -0.889. The van der Waals surface area contributed by atoms with Crippen LogP contribution in [0.15, 0.2) is 62.3 Å². The number of carbonyl (C=O) groups excluding carboxylic acids is 1. The van der Waals surface area contributed by atoms with Gasteiger partial charge in [-0.1, -0.05) is 12.1 Å². The van der Waals surface area contributed by atoms with E-state index < -0.39 is 15.9 Å². The van der Waals surface area contributed by atoms with E-state index in [-0.39, 0.29) is 10.7 Å². The molecule has 0 fully saturated rings. The molecule has 1 N–H and O–H groups in total. The Hall–Kier alpha value is -2.32. The van der Waals surface area contributed by atoms with Gasteiger partial charge >= 0.3 is 5.91 Å². The molecule has 8 heteroatoms. The van der Waals surface area contributed by atoms with Crippen molar-refractivity contribution in [3.05, 3.63) is 58.8 Å². The van der Waals surface area contributed by atoms with Crippen molar-refractivity contribution in [2.75, 3.05) is 19.0 Å². The number of hydrogen-bond acceptors (Lipinski definition) is 5. The highest BCUT2D eigenvalue weighted by Crippen LogP contribution is 2.25. The Bertz CT molecular complexity index is 1060. The summed E-state index contributed by atoms with van der Waals surface area (Å²) in [7, 11) is -0.230. The maximum absolute atomic E-state index is 12.4. The standard InChI is InChI=1S/C17H15BrN2O4S/c1-20(2)12-8-7-11-9-15(24-14(11)10-12)17(21)19-25(22,23)16-6-4-3-5-13(16)18/h3-10H,1-2H3,(H,19,21). The summed E-state index contributed by atoms with van der Waals surface area (Å²) in [5.41, 5.74) is 1.42. The lowest BCUT2D eigenvalue weighted by molar-refractivity contribution is 0.0956. The van der Waals surface area contributed by atoms with Crippen molar-refractivity contribution in [3.63, 3.8) is 0 Å². The molecule has 1 amide bonds. The van der Waals surface area contributed by atoms with Crippen LogP contribution < -0.4 is 9.62 Å². The van der Waals surface area contributed by atoms with E-state index in [1.165, 1.54) is 12.1 Å². The highest BCUT2D eigenvalue weighted by molar-refractivity contribution is 9.10. The highest BCUT2D eigenvalue weighted by Gasteiger charge is 2.23. The number of nitrogens with one attached hydrogen (secondary N) is 1. The first-order chi connectivity index (χ1) is 11.8. The summed E-state index contributed by atoms with van der Waals surface area (Å²) in [6.45, 7) is 0. The second kappa shape index (κ2) is 6.53. The predicted molar refractivity (Wildman–Crippen MR) is 99.3 cm³/mol. The lowest BCUT2D eigenvalue weighted by Gasteiger charge is -2.11. The summed E-state index contributed by atoms with van der Waals surface area (Å²) in [6, 6.07) is 13.3. The molecule has 0 bridgehead atoms. The van der Waals surface area contributed by atoms with Crippen molar-refractivity contribution in [1.29, 1.82) is 0 Å². The zero-order valence-electron chi connectivity index (χ0n) is 13.5. The molecule has 0 atom stereocenters. The van der Waals surface area contributed by atoms with E-state index in [0.717, 1.165) is 5.69 Å². The first kappa shape index (κ1) is 17.5. The van der Waals surface area contributed by atoms with Crippen LogP contribution in [0, 0.1) is 0 Å². The smallest absolute Gasteiger partial charge is 0.300 e. The Kier molecular flexibility index (Phi) is 4.57. The monoisotopic (exact) mass is 422 g/mol. The van der Waals surface area contributed by atoms with Gasteiger partial charge in [0.15, 0.2) is 5.76 Å². The molecule has 2 aromatic carbocycles. The number of hydrogen-bond donors (Lipinski definition) is 1. The van der Waals surface area contributed by atoms with Gasteiger partial charge in [0.1, 0.15) is 10.5 Å². The molecule has 0 aliphatic rings. The number of nitrogens with zero attached hydrogens (tertiary/aromatic N) is 1. The molecule has 0 radical (unpaired) electrons. The third-order valence-corrected chi connectivity index (χ3v) is 5.94. The molecular weight excluding hydrogens is 408 g/mol. The van der Waals surface area contributed by atoms with E-state index in [4.69, 9.17) is 4.42 Å². The average molecular weight is 423 g/mol. The second-order valence-electron chi connectivity index (χ2n) is 5.59. The van der Waals surface area contributed by atoms with Crippen LogP contribution in [0.2, 0.25) is 0 Å². The highest BCUT2D eigenvalue weighted by atomic mass is 79.9. The number of anilines is 1. The number of benzene rings is 2. The van der Waals surface area contributed by atoms with Crippen LogP contribution in [0.3, 0.4) is 0 Å². The minimum absolute atomic E-state index is 0.0191. The van der Waals surface area contributed by atoms with Crippen LogP contribution in [-0.2, 0) is 10.0 Å². The van der Waals surface area contributed by atoms with Crippen LogP contribution in [0.5, 0.6) is 0 Å². The van der Waals surface area contributed by atoms with Gasteiger partial charge in [0.2, 0.25) is 0 Å². The maximum atomic E-state index is 12.4. The van der Waals surface area contributed by atoms with Crippen LogP contribution in [0.4, 0.5) is 5.69 Å². The van der Waals surface area contributed by atoms with Crippen LogP contribution in [0.1, 0.15) is 10.6 Å². The summed E-state index contributed by atoms with van der Waals surface area (Å²) in [5, 5.41) is 0.717. The first-order valence-corrected chi connectivity index (χ1v) is 9.58. The third kappa shape index (κ3) is 3.54. The summed E-state index contributed by atoms with van der Waals surface area (Å²) >= 11 is 3.17. The second-order valence-corrected chi connectivity index (χ2v) is 8.10. The van der Waals surface area contributed by atoms with E-state index in [2.05, 4.69) is 15.9 Å². The van der Waals surface area contributed by atoms with Crippen molar-refractivity contribution < 1.29 is 17.6 Å². The number of carbonyl (C=O) groups is 1. The molecule has 130 valence electrons. The minimum atomic E-state index is -4.01. The van der Waals surface area contributed by atoms with Crippen LogP contribution in [0.25, 0.3) is 11.0 Å². The molecule has 0 saturated heterocycles. The molecule has 1 aromatic heterocycles. The minimum Gasteiger partial charge on any atom is -0.451 e. The molecule has 6 nitrogen and oxygen atoms in total. The van der Waals surface area contributed by atoms with Crippen molar-refractivity contribution in [3.8, 4) is 0 Å². The molecule has 3 rings (SSSR count). The van der Waals surface area contributed by atoms with E-state index in [9.17, 15) is 13.2 Å². The zero-order valence-corrected chi connectivity index (χ0v) is 15.9. The maximum Gasteiger partial charge on any atom is 0.300 e. The Morgan fingerprint density at radius 3 is 2.52 bits per heavy atom. The van der Waals surface area contributed by atoms with Gasteiger partial charge in [-0.25, -0.2) is 13.1 Å². The molecule has 0 aliphatic heterocycles. The summed E-state index contributed by atoms with van der Waals surface area (Å²) in [4.78, 5) is 14.2. The van der Waals surface area contributed by atoms with Gasteiger partial charge in [0.05, 0.1) is 0 Å². The first-order valence-electron chi connectivity index (χ1n) is 7.30. The van der Waals surface area contributed by atoms with Crippen molar-refractivity contribution in [1.82, 2.24) is 4.72 Å². The number of halogens is 1. The van der Waals surface area contributed by atoms with Gasteiger partial charge in [-0.3, -0.25) is 4.79 Å². The molecule has 1 heterocycles. The van der Waals surface area contributed by atoms with Gasteiger partial charge in [0, 0.05) is 35.7 Å². The SMILES string of the molecule is CN(C)c1ccc2cc(C(=O)NS(=O)(=O)c3ccccc3Br)oc2c1. The van der Waals surface area contributed by atoms with E-state index in [1.807, 2.05) is 35.9 Å². The lowest BCUT2D eigenvalue weighted by atomic mass is 10.2. The molecular formula is C17H15BrN2O4S. The summed E-state index contributed by atoms with van der Waals surface area (Å²) < 4.78 is 32.7. The van der Waals surface area contributed by atoms with Crippen molar-refractivity contribution in [2.24, 2.45) is 0 Å². The van der Waals surface area contributed by atoms with E-state index in [1.54, 1.807) is 24.3 Å². The number of sulfonamides is 1. The van der Waals surface area contributed by atoms with Crippen molar-refractivity contribution in [2.45, 2.75) is 4.90 Å². The molecule has 0 aliphatic carbocycles. The van der Waals surface area contributed by atoms with E-state index >= 15 is 0 Å². The van der Waals surface area contributed by atoms with Gasteiger partial charge in [-0.15, -0.1) is 0 Å². The topological polar surface area (TPSA) is 79.6 Å². The Morgan fingerprint density at radius 1 is 1.12 bits per heavy atom. The number of amides is 1. The van der Waals surface area contributed by atoms with Gasteiger partial charge in [0.25, 0.3) is 10.0 Å². The van der Waals surface area contributed by atoms with Gasteiger partial charge in [-0.05, 0) is 46.3 Å². The Labute approximate surface area is 153 Å². The molecule has 0 spiro atoms. The van der Waals surface area contributed by atoms with Gasteiger partial charge < -0.3 is 9.32 Å². The van der Waals surface area contributed by atoms with Crippen LogP contribution >= 0.6 is 15.9 Å². The Balaban J connectivity index is 1.91. The lowest BCUT2D eigenvalue weighted by Crippen LogP contribution is -2.30. The predicted octanol–water partition coefficient (Wildman–Crippen LogP) is 3.38. The quantitative estimate of drug-likeness (QED) is 0.696. The number of fused-ring (bicyclic) bond motifs is 1. The normalized spacial score (nSPS) is 11.5.